The predicted octanol–water partition coefficient (Wildman–Crippen LogP) is 35.3. The van der Waals surface area contributed by atoms with Gasteiger partial charge in [-0.3, -0.25) is 30.3 Å². The number of para-hydroxylation sites is 4. The number of hydrogen-bond donors (Lipinski definition) is 0. The Morgan fingerprint density at radius 2 is 0.681 bits per heavy atom. The molecular weight excluding hydrogens is 1820 g/mol. The summed E-state index contributed by atoms with van der Waals surface area (Å²) in [6, 6.07) is 133. The van der Waals surface area contributed by atoms with Crippen LogP contribution in [0.5, 0.6) is 11.5 Å². The zero-order valence-electron chi connectivity index (χ0n) is 80.3. The fourth-order valence-corrected chi connectivity index (χ4v) is 21.4. The zero-order valence-corrected chi connectivity index (χ0v) is 81.9. The van der Waals surface area contributed by atoms with Crippen molar-refractivity contribution < 1.29 is 19.5 Å². The van der Waals surface area contributed by atoms with Crippen molar-refractivity contribution in [2.45, 2.75) is 98.8 Å². The van der Waals surface area contributed by atoms with Gasteiger partial charge in [0.1, 0.15) is 33.6 Å². The molecule has 0 aliphatic rings. The first-order valence-corrected chi connectivity index (χ1v) is 50.1. The number of non-ortho nitro benzene ring substituents is 3. The van der Waals surface area contributed by atoms with Gasteiger partial charge in [-0.25, -0.2) is 0 Å². The van der Waals surface area contributed by atoms with E-state index in [-0.39, 0.29) is 22.0 Å². The molecule has 0 fully saturated rings. The van der Waals surface area contributed by atoms with Crippen molar-refractivity contribution in [3.8, 4) is 78.5 Å². The van der Waals surface area contributed by atoms with Gasteiger partial charge in [0.25, 0.3) is 17.1 Å². The number of benzene rings is 18. The van der Waals surface area contributed by atoms with Crippen molar-refractivity contribution in [2.75, 3.05) is 14.7 Å². The van der Waals surface area contributed by atoms with E-state index < -0.39 is 9.85 Å². The third-order valence-corrected chi connectivity index (χ3v) is 28.5. The highest BCUT2D eigenvalue weighted by molar-refractivity contribution is 7.00. The van der Waals surface area contributed by atoms with E-state index in [2.05, 4.69) is 332 Å². The molecule has 144 heavy (non-hydrogen) atoms. The van der Waals surface area contributed by atoms with Crippen molar-refractivity contribution in [1.29, 1.82) is 0 Å². The molecule has 0 amide bonds. The lowest BCUT2D eigenvalue weighted by atomic mass is 9.87. The number of anilines is 9. The van der Waals surface area contributed by atoms with Crippen molar-refractivity contribution in [2.24, 2.45) is 0 Å². The topological polar surface area (TPSA) is 210 Å². The molecule has 0 bridgehead atoms. The maximum Gasteiger partial charge on any atom is 0.271 e. The first-order chi connectivity index (χ1) is 70.5. The Bertz CT molecular complexity index is 8410. The maximum absolute atomic E-state index is 12.1. The van der Waals surface area contributed by atoms with Crippen LogP contribution in [0, 0.1) is 58.0 Å². The summed E-state index contributed by atoms with van der Waals surface area (Å²) in [6.07, 6.45) is 9.40. The van der Waals surface area contributed by atoms with Crippen LogP contribution < -0.4 is 19.4 Å². The highest BCUT2D eigenvalue weighted by atomic mass is 32.1. The Hall–Kier alpha value is -17.4. The lowest BCUT2D eigenvalue weighted by Gasteiger charge is -2.30. The molecule has 0 saturated heterocycles. The molecule has 0 unspecified atom stereocenters. The molecule has 18 aromatic carbocycles. The van der Waals surface area contributed by atoms with Gasteiger partial charge in [0.05, 0.1) is 77.4 Å². The minimum Gasteiger partial charge on any atom is -0.457 e. The SMILES string of the molecule is CCCCCC(CCCCC)c1ccc2c(c1)c1ccc(-c3ccc(N(c4ccc(-c5cccc([N+](=O)[O-])c5)cc4)c4ccc(-c5cccc([N+](=O)[O-])c5)cc4)c4nsnc34)cc1n2-c1cccc([N+](=O)[O-])c1.Cc1ccccc1N(c1ccc(N(c2ccc(-c3ccccc3)cc2)c2ccc(-c3ccc4c(c3)c3cc(Oc5c(C)cccc5C)ccc3n4-c3ccccc3)c3nsnc23)cc1)c1ccccc1C. The molecule has 4 aromatic heterocycles. The highest BCUT2D eigenvalue weighted by Gasteiger charge is 2.29. The van der Waals surface area contributed by atoms with Crippen LogP contribution in [0.15, 0.2) is 394 Å². The molecule has 22 rings (SSSR count). The zero-order chi connectivity index (χ0) is 98.6. The van der Waals surface area contributed by atoms with E-state index in [1.807, 2.05) is 72.8 Å². The first-order valence-electron chi connectivity index (χ1n) is 48.7. The second kappa shape index (κ2) is 40.8. The van der Waals surface area contributed by atoms with Gasteiger partial charge in [0, 0.05) is 115 Å². The monoisotopic (exact) mass is 1920 g/mol. The number of nitro groups is 3. The second-order valence-electron chi connectivity index (χ2n) is 36.6. The van der Waals surface area contributed by atoms with E-state index in [9.17, 15) is 30.3 Å². The molecule has 22 aromatic rings. The summed E-state index contributed by atoms with van der Waals surface area (Å²) >= 11 is 2.36. The molecule has 21 heteroatoms. The number of fused-ring (bicyclic) bond motifs is 8. The van der Waals surface area contributed by atoms with E-state index in [1.54, 1.807) is 36.4 Å². The molecule has 0 saturated carbocycles. The normalized spacial score (nSPS) is 11.4. The number of rotatable bonds is 30. The predicted molar refractivity (Wildman–Crippen MR) is 591 cm³/mol. The van der Waals surface area contributed by atoms with E-state index in [1.165, 1.54) is 90.7 Å². The number of aromatic nitrogens is 6. The summed E-state index contributed by atoms with van der Waals surface area (Å²) < 4.78 is 31.1. The Labute approximate surface area is 842 Å². The van der Waals surface area contributed by atoms with Gasteiger partial charge in [-0.05, 0) is 283 Å². The van der Waals surface area contributed by atoms with Gasteiger partial charge in [-0.2, -0.15) is 17.5 Å². The average molecular weight is 1920 g/mol. The van der Waals surface area contributed by atoms with Gasteiger partial charge in [0.15, 0.2) is 0 Å². The molecule has 0 spiro atoms. The Balaban J connectivity index is 0.000000170. The van der Waals surface area contributed by atoms with E-state index in [0.717, 1.165) is 198 Å². The number of aryl methyl sites for hydroxylation is 4. The molecule has 0 N–H and O–H groups in total. The van der Waals surface area contributed by atoms with Crippen LogP contribution in [-0.2, 0) is 0 Å². The number of ether oxygens (including phenoxy) is 1. The largest absolute Gasteiger partial charge is 0.457 e. The Morgan fingerprint density at radius 3 is 1.19 bits per heavy atom. The van der Waals surface area contributed by atoms with Crippen LogP contribution in [0.1, 0.15) is 98.9 Å². The van der Waals surface area contributed by atoms with E-state index >= 15 is 0 Å². The maximum atomic E-state index is 12.1. The lowest BCUT2D eigenvalue weighted by molar-refractivity contribution is -0.385. The van der Waals surface area contributed by atoms with Gasteiger partial charge >= 0.3 is 0 Å². The molecule has 0 aliphatic heterocycles. The minimum atomic E-state index is -0.404. The van der Waals surface area contributed by atoms with Crippen LogP contribution >= 0.6 is 23.5 Å². The van der Waals surface area contributed by atoms with Crippen molar-refractivity contribution in [3.63, 3.8) is 0 Å². The van der Waals surface area contributed by atoms with Gasteiger partial charge in [-0.15, -0.1) is 0 Å². The molecular formula is C123H100N12O7S2. The summed E-state index contributed by atoms with van der Waals surface area (Å²) in [5, 5.41) is 39.8. The molecule has 19 nitrogen and oxygen atoms in total. The summed E-state index contributed by atoms with van der Waals surface area (Å²) in [5.74, 6) is 2.13. The Kier molecular flexibility index (Phi) is 26.3. The Morgan fingerprint density at radius 1 is 0.299 bits per heavy atom. The summed E-state index contributed by atoms with van der Waals surface area (Å²) in [6.45, 7) is 13.0. The minimum absolute atomic E-state index is 0.00354. The van der Waals surface area contributed by atoms with Crippen molar-refractivity contribution in [3.05, 3.63) is 452 Å². The molecule has 0 atom stereocenters. The molecule has 0 radical (unpaired) electrons. The number of hydrogen-bond acceptors (Lipinski definition) is 16. The lowest BCUT2D eigenvalue weighted by Crippen LogP contribution is -2.14. The summed E-state index contributed by atoms with van der Waals surface area (Å²) in [7, 11) is 0. The number of nitro benzene ring substituents is 3. The van der Waals surface area contributed by atoms with Crippen molar-refractivity contribution in [1.82, 2.24) is 26.6 Å². The fourth-order valence-electron chi connectivity index (χ4n) is 20.2. The van der Waals surface area contributed by atoms with Gasteiger partial charge < -0.3 is 28.6 Å². The van der Waals surface area contributed by atoms with E-state index in [4.69, 9.17) is 22.2 Å². The fraction of sp³-hybridized carbons (Fsp3) is 0.122. The van der Waals surface area contributed by atoms with Crippen LogP contribution in [0.4, 0.5) is 68.2 Å². The molecule has 0 aliphatic carbocycles. The van der Waals surface area contributed by atoms with Gasteiger partial charge in [0.2, 0.25) is 0 Å². The molecule has 706 valence electrons. The smallest absolute Gasteiger partial charge is 0.271 e. The van der Waals surface area contributed by atoms with Gasteiger partial charge in [-0.1, -0.05) is 246 Å². The number of nitrogens with zero attached hydrogens (tertiary/aromatic N) is 12. The third-order valence-electron chi connectivity index (χ3n) is 27.5. The van der Waals surface area contributed by atoms with Crippen LogP contribution in [0.25, 0.3) is 133 Å². The highest BCUT2D eigenvalue weighted by Crippen LogP contribution is 2.50. The standard InChI is InChI=1S/C64H49N5OS.C59H51N7O6S/c1-42-16-11-13-24-57(42)68(58-25-14-12-17-43(58)2)52-33-31-51(32-34-52)67(50-29-26-47(27-30-50)46-20-7-5-8-21-46)61-39-36-54(62-63(61)66-71-65-62)48-28-37-59-55(40-48)56-41-53(70-64-44(3)18-15-19-45(64)4)35-38-60(56)69(59)49-22-9-6-10-23-49;1-3-5-7-12-39(13-8-6-4-2)44-25-32-55-54(36-44)53-30-24-45(37-57(53)63(55)48-16-11-19-51(38-48)66(71)72)52-31-33-56(59-58(52)60-73-61-59)62(46-26-20-40(21-27-46)42-14-9-17-49(34-42)64(67)68)47-28-22-41(23-29-47)43-15-10-18-50(35-43)65(69)70/h5-41H,1-4H3;9-11,14-39H,3-8,12-13H2,1-2H3. The quantitative estimate of drug-likeness (QED) is 0.0233. The van der Waals surface area contributed by atoms with Crippen LogP contribution in [-0.4, -0.2) is 41.4 Å². The van der Waals surface area contributed by atoms with Crippen LogP contribution in [0.2, 0.25) is 0 Å². The van der Waals surface area contributed by atoms with Crippen LogP contribution in [0.3, 0.4) is 0 Å². The first kappa shape index (κ1) is 92.9. The summed E-state index contributed by atoms with van der Waals surface area (Å²) in [4.78, 5) is 41.0. The third kappa shape index (κ3) is 18.5. The van der Waals surface area contributed by atoms with Crippen molar-refractivity contribution >= 4 is 157 Å². The molecule has 4 heterocycles. The van der Waals surface area contributed by atoms with E-state index in [0.29, 0.717) is 33.8 Å². The average Bonchev–Trinajstić information content (AvgIpc) is 1.58. The second-order valence-corrected chi connectivity index (χ2v) is 37.7. The number of unbranched alkanes of at least 4 members (excludes halogenated alkanes) is 4. The summed E-state index contributed by atoms with van der Waals surface area (Å²) in [5.41, 5.74) is 32.7.